The molecule has 1 unspecified atom stereocenters. The largest absolute Gasteiger partial charge is 0.507 e. The Balaban J connectivity index is 2.11. The Morgan fingerprint density at radius 1 is 1.15 bits per heavy atom. The molecule has 1 N–H and O–H groups in total. The molecule has 1 amide bonds. The topological polar surface area (TPSA) is 66.8 Å². The molecule has 1 saturated heterocycles. The number of halogens is 1. The van der Waals surface area contributed by atoms with Crippen LogP contribution in [0.1, 0.15) is 23.6 Å². The smallest absolute Gasteiger partial charge is 0.295 e. The molecule has 1 aliphatic heterocycles. The fourth-order valence-corrected chi connectivity index (χ4v) is 3.45. The van der Waals surface area contributed by atoms with E-state index in [9.17, 15) is 14.7 Å². The highest BCUT2D eigenvalue weighted by Crippen LogP contribution is 2.39. The van der Waals surface area contributed by atoms with Gasteiger partial charge in [-0.3, -0.25) is 9.59 Å². The van der Waals surface area contributed by atoms with E-state index >= 15 is 0 Å². The lowest BCUT2D eigenvalue weighted by Crippen LogP contribution is -2.31. The van der Waals surface area contributed by atoms with Gasteiger partial charge in [-0.1, -0.05) is 54.1 Å². The molecule has 1 atom stereocenters. The molecule has 0 radical (unpaired) electrons. The highest BCUT2D eigenvalue weighted by Gasteiger charge is 2.45. The molecule has 6 heteroatoms. The molecule has 1 fully saturated rings. The predicted octanol–water partition coefficient (Wildman–Crippen LogP) is 3.80. The van der Waals surface area contributed by atoms with Gasteiger partial charge in [0.05, 0.1) is 11.6 Å². The lowest BCUT2D eigenvalue weighted by Gasteiger charge is -2.25. The first-order chi connectivity index (χ1) is 13.0. The van der Waals surface area contributed by atoms with Crippen molar-refractivity contribution in [2.75, 3.05) is 20.3 Å². The number of carbonyl (C=O) groups excluding carboxylic acids is 2. The van der Waals surface area contributed by atoms with Gasteiger partial charge in [0.25, 0.3) is 11.7 Å². The number of methoxy groups -OCH3 is 1. The first-order valence-corrected chi connectivity index (χ1v) is 9.00. The van der Waals surface area contributed by atoms with Crippen LogP contribution in [-0.2, 0) is 14.3 Å². The maximum atomic E-state index is 12.8. The predicted molar refractivity (Wildman–Crippen MR) is 103 cm³/mol. The molecule has 3 rings (SSSR count). The number of nitrogens with zero attached hydrogens (tertiary/aromatic N) is 1. The normalized spacial score (nSPS) is 18.9. The first kappa shape index (κ1) is 19.1. The number of aliphatic hydroxyl groups excluding tert-OH is 1. The van der Waals surface area contributed by atoms with Gasteiger partial charge in [-0.25, -0.2) is 0 Å². The number of likely N-dealkylation sites (tertiary alicyclic amines) is 1. The first-order valence-electron chi connectivity index (χ1n) is 8.63. The summed E-state index contributed by atoms with van der Waals surface area (Å²) in [4.78, 5) is 26.9. The molecular formula is C21H20ClNO4. The van der Waals surface area contributed by atoms with Gasteiger partial charge in [-0.05, 0) is 24.1 Å². The zero-order valence-corrected chi connectivity index (χ0v) is 15.6. The maximum Gasteiger partial charge on any atom is 0.295 e. The van der Waals surface area contributed by atoms with Crippen molar-refractivity contribution in [1.82, 2.24) is 4.90 Å². The van der Waals surface area contributed by atoms with Crippen LogP contribution < -0.4 is 0 Å². The lowest BCUT2D eigenvalue weighted by molar-refractivity contribution is -0.140. The number of hydrogen-bond acceptors (Lipinski definition) is 4. The van der Waals surface area contributed by atoms with Gasteiger partial charge in [0.15, 0.2) is 0 Å². The van der Waals surface area contributed by atoms with Crippen LogP contribution in [0.3, 0.4) is 0 Å². The molecule has 0 aromatic heterocycles. The number of ketones is 1. The summed E-state index contributed by atoms with van der Waals surface area (Å²) >= 11 is 6.02. The fourth-order valence-electron chi connectivity index (χ4n) is 3.26. The van der Waals surface area contributed by atoms with E-state index in [4.69, 9.17) is 16.3 Å². The lowest BCUT2D eigenvalue weighted by atomic mass is 9.95. The highest BCUT2D eigenvalue weighted by molar-refractivity contribution is 6.46. The second-order valence-electron chi connectivity index (χ2n) is 6.26. The second kappa shape index (κ2) is 8.37. The van der Waals surface area contributed by atoms with E-state index in [-0.39, 0.29) is 11.3 Å². The van der Waals surface area contributed by atoms with Crippen molar-refractivity contribution in [3.05, 3.63) is 76.3 Å². The minimum absolute atomic E-state index is 0.0749. The molecule has 27 heavy (non-hydrogen) atoms. The maximum absolute atomic E-state index is 12.8. The van der Waals surface area contributed by atoms with E-state index in [0.717, 1.165) is 5.56 Å². The van der Waals surface area contributed by atoms with E-state index < -0.39 is 17.7 Å². The molecular weight excluding hydrogens is 366 g/mol. The minimum Gasteiger partial charge on any atom is -0.507 e. The average Bonchev–Trinajstić information content (AvgIpc) is 2.93. The molecule has 5 nitrogen and oxygen atoms in total. The van der Waals surface area contributed by atoms with Crippen molar-refractivity contribution < 1.29 is 19.4 Å². The molecule has 2 aromatic carbocycles. The Morgan fingerprint density at radius 3 is 2.56 bits per heavy atom. The number of hydrogen-bond donors (Lipinski definition) is 1. The molecule has 0 aliphatic carbocycles. The third kappa shape index (κ3) is 3.89. The van der Waals surface area contributed by atoms with Gasteiger partial charge in [-0.15, -0.1) is 0 Å². The van der Waals surface area contributed by atoms with Crippen molar-refractivity contribution in [1.29, 1.82) is 0 Å². The van der Waals surface area contributed by atoms with Crippen LogP contribution in [0.25, 0.3) is 5.76 Å². The van der Waals surface area contributed by atoms with Gasteiger partial charge < -0.3 is 14.7 Å². The monoisotopic (exact) mass is 385 g/mol. The third-order valence-electron chi connectivity index (χ3n) is 4.50. The van der Waals surface area contributed by atoms with Crippen LogP contribution in [0.15, 0.2) is 60.2 Å². The van der Waals surface area contributed by atoms with E-state index in [0.29, 0.717) is 30.2 Å². The van der Waals surface area contributed by atoms with Crippen molar-refractivity contribution in [3.63, 3.8) is 0 Å². The number of rotatable bonds is 6. The highest BCUT2D eigenvalue weighted by atomic mass is 35.5. The van der Waals surface area contributed by atoms with E-state index in [1.165, 1.54) is 4.90 Å². The zero-order chi connectivity index (χ0) is 19.4. The molecule has 140 valence electrons. The molecule has 1 aliphatic rings. The van der Waals surface area contributed by atoms with Crippen molar-refractivity contribution >= 4 is 29.1 Å². The summed E-state index contributed by atoms with van der Waals surface area (Å²) < 4.78 is 5.06. The zero-order valence-electron chi connectivity index (χ0n) is 14.9. The summed E-state index contributed by atoms with van der Waals surface area (Å²) in [7, 11) is 1.59. The Hall–Kier alpha value is -2.63. The Labute approximate surface area is 162 Å². The van der Waals surface area contributed by atoms with Crippen LogP contribution in [0.2, 0.25) is 5.02 Å². The van der Waals surface area contributed by atoms with E-state index in [1.54, 1.807) is 31.4 Å². The van der Waals surface area contributed by atoms with Gasteiger partial charge in [0, 0.05) is 30.8 Å². The standard InChI is InChI=1S/C21H20ClNO4/c1-27-12-6-11-23-18(14-7-3-2-4-8-14)17(20(25)21(23)26)19(24)15-9-5-10-16(22)13-15/h2-5,7-10,13,18,24H,6,11-12H2,1H3/b19-17-. The summed E-state index contributed by atoms with van der Waals surface area (Å²) in [5, 5.41) is 11.3. The van der Waals surface area contributed by atoms with Crippen LogP contribution >= 0.6 is 11.6 Å². The van der Waals surface area contributed by atoms with Crippen molar-refractivity contribution in [2.45, 2.75) is 12.5 Å². The number of Topliss-reactive ketones (excluding diaryl/α,β-unsaturated/α-hetero) is 1. The summed E-state index contributed by atoms with van der Waals surface area (Å²) in [5.41, 5.74) is 1.24. The van der Waals surface area contributed by atoms with Crippen LogP contribution in [0.5, 0.6) is 0 Å². The van der Waals surface area contributed by atoms with Crippen molar-refractivity contribution in [3.8, 4) is 0 Å². The Bertz CT molecular complexity index is 879. The van der Waals surface area contributed by atoms with Crippen LogP contribution in [0, 0.1) is 0 Å². The second-order valence-corrected chi connectivity index (χ2v) is 6.70. The molecule has 0 spiro atoms. The van der Waals surface area contributed by atoms with Gasteiger partial charge >= 0.3 is 0 Å². The van der Waals surface area contributed by atoms with Gasteiger partial charge in [-0.2, -0.15) is 0 Å². The molecule has 1 heterocycles. The van der Waals surface area contributed by atoms with Gasteiger partial charge in [0.2, 0.25) is 0 Å². The minimum atomic E-state index is -0.696. The number of amides is 1. The molecule has 0 bridgehead atoms. The molecule has 0 saturated carbocycles. The van der Waals surface area contributed by atoms with Crippen molar-refractivity contribution in [2.24, 2.45) is 0 Å². The summed E-state index contributed by atoms with van der Waals surface area (Å²) in [6.07, 6.45) is 0.587. The third-order valence-corrected chi connectivity index (χ3v) is 4.74. The fraction of sp³-hybridized carbons (Fsp3) is 0.238. The van der Waals surface area contributed by atoms with Gasteiger partial charge in [0.1, 0.15) is 5.76 Å². The summed E-state index contributed by atoms with van der Waals surface area (Å²) in [6, 6.07) is 15.1. The van der Waals surface area contributed by atoms with E-state index in [1.807, 2.05) is 30.3 Å². The number of carbonyl (C=O) groups is 2. The SMILES string of the molecule is COCCCN1C(=O)C(=O)/C(=C(\O)c2cccc(Cl)c2)C1c1ccccc1. The molecule has 2 aromatic rings. The number of benzene rings is 2. The Kier molecular flexibility index (Phi) is 5.94. The quantitative estimate of drug-likeness (QED) is 0.355. The summed E-state index contributed by atoms with van der Waals surface area (Å²) in [5.74, 6) is -1.54. The van der Waals surface area contributed by atoms with Crippen LogP contribution in [0.4, 0.5) is 0 Å². The van der Waals surface area contributed by atoms with E-state index in [2.05, 4.69) is 0 Å². The van der Waals surface area contributed by atoms with Crippen LogP contribution in [-0.4, -0.2) is 42.0 Å². The number of ether oxygens (including phenoxy) is 1. The Morgan fingerprint density at radius 2 is 1.89 bits per heavy atom. The summed E-state index contributed by atoms with van der Waals surface area (Å²) in [6.45, 7) is 0.823. The average molecular weight is 386 g/mol. The number of aliphatic hydroxyl groups is 1.